The highest BCUT2D eigenvalue weighted by Gasteiger charge is 2.33. The molecule has 152 valence electrons. The molecule has 1 atom stereocenters. The van der Waals surface area contributed by atoms with Crippen molar-refractivity contribution >= 4 is 22.8 Å². The molecule has 3 N–H and O–H groups in total. The second-order valence-corrected chi connectivity index (χ2v) is 7.10. The van der Waals surface area contributed by atoms with Crippen molar-refractivity contribution in [2.75, 3.05) is 53.0 Å². The maximum Gasteiger partial charge on any atom is 0.325 e. The summed E-state index contributed by atoms with van der Waals surface area (Å²) in [4.78, 5) is 31.5. The number of nitrogens with one attached hydrogen (secondary N) is 2. The number of fused-ring (bicyclic) bond motifs is 1. The molecule has 2 heterocycles. The molecule has 1 aliphatic rings. The van der Waals surface area contributed by atoms with Crippen molar-refractivity contribution < 1.29 is 19.4 Å². The Morgan fingerprint density at radius 3 is 2.64 bits per heavy atom. The third-order valence-corrected chi connectivity index (χ3v) is 5.22. The van der Waals surface area contributed by atoms with E-state index in [0.29, 0.717) is 45.9 Å². The number of ether oxygens (including phenoxy) is 1. The Hall–Kier alpha value is -2.42. The van der Waals surface area contributed by atoms with Crippen LogP contribution in [-0.2, 0) is 14.3 Å². The Morgan fingerprint density at radius 1 is 1.25 bits per heavy atom. The summed E-state index contributed by atoms with van der Waals surface area (Å²) in [6.45, 7) is 5.74. The van der Waals surface area contributed by atoms with E-state index in [9.17, 15) is 14.7 Å². The van der Waals surface area contributed by atoms with Crippen LogP contribution in [0.4, 0.5) is 0 Å². The third kappa shape index (κ3) is 4.52. The van der Waals surface area contributed by atoms with Crippen LogP contribution in [0.5, 0.6) is 0 Å². The maximum atomic E-state index is 12.2. The van der Waals surface area contributed by atoms with Gasteiger partial charge in [0.25, 0.3) is 0 Å². The molecule has 3 rings (SSSR count). The number of carbonyl (C=O) groups is 2. The van der Waals surface area contributed by atoms with Gasteiger partial charge in [0.1, 0.15) is 6.04 Å². The van der Waals surface area contributed by atoms with Gasteiger partial charge < -0.3 is 20.1 Å². The normalized spacial score (nSPS) is 16.9. The van der Waals surface area contributed by atoms with Gasteiger partial charge in [0.05, 0.1) is 13.2 Å². The van der Waals surface area contributed by atoms with E-state index in [1.807, 2.05) is 36.1 Å². The van der Waals surface area contributed by atoms with Crippen molar-refractivity contribution in [3.8, 4) is 0 Å². The fourth-order valence-corrected chi connectivity index (χ4v) is 3.84. The first kappa shape index (κ1) is 20.3. The van der Waals surface area contributed by atoms with Gasteiger partial charge >= 0.3 is 5.97 Å². The van der Waals surface area contributed by atoms with E-state index in [2.05, 4.69) is 15.2 Å². The second-order valence-electron chi connectivity index (χ2n) is 7.10. The van der Waals surface area contributed by atoms with E-state index in [0.717, 1.165) is 22.2 Å². The monoisotopic (exact) mass is 388 g/mol. The number of methoxy groups -OCH3 is 1. The molecule has 0 aliphatic carbocycles. The lowest BCUT2D eigenvalue weighted by Crippen LogP contribution is -2.51. The van der Waals surface area contributed by atoms with Crippen LogP contribution in [0.1, 0.15) is 17.3 Å². The van der Waals surface area contributed by atoms with Gasteiger partial charge in [-0.3, -0.25) is 19.4 Å². The summed E-state index contributed by atoms with van der Waals surface area (Å²) >= 11 is 0. The summed E-state index contributed by atoms with van der Waals surface area (Å²) in [5, 5.41) is 13.7. The third-order valence-electron chi connectivity index (χ3n) is 5.22. The Labute approximate surface area is 164 Å². The molecule has 1 aromatic heterocycles. The van der Waals surface area contributed by atoms with Gasteiger partial charge in [-0.15, -0.1) is 0 Å². The number of amides is 1. The number of H-pyrrole nitrogens is 1. The average Bonchev–Trinajstić information content (AvgIpc) is 2.99. The quantitative estimate of drug-likeness (QED) is 0.584. The Bertz CT molecular complexity index is 827. The highest BCUT2D eigenvalue weighted by atomic mass is 16.5. The molecule has 0 radical (unpaired) electrons. The second kappa shape index (κ2) is 9.18. The van der Waals surface area contributed by atoms with Crippen molar-refractivity contribution in [1.82, 2.24) is 20.1 Å². The molecule has 8 heteroatoms. The Kier molecular flexibility index (Phi) is 6.66. The fraction of sp³-hybridized carbons (Fsp3) is 0.500. The van der Waals surface area contributed by atoms with Gasteiger partial charge in [-0.1, -0.05) is 18.2 Å². The minimum absolute atomic E-state index is 0.0345. The number of piperazine rings is 1. The summed E-state index contributed by atoms with van der Waals surface area (Å²) in [5.74, 6) is -0.883. The highest BCUT2D eigenvalue weighted by molar-refractivity contribution is 5.90. The zero-order chi connectivity index (χ0) is 20.1. The van der Waals surface area contributed by atoms with Gasteiger partial charge in [-0.05, 0) is 13.0 Å². The first-order valence-corrected chi connectivity index (χ1v) is 9.53. The molecule has 0 bridgehead atoms. The Morgan fingerprint density at radius 2 is 1.96 bits per heavy atom. The molecule has 1 aromatic carbocycles. The van der Waals surface area contributed by atoms with Crippen LogP contribution in [0, 0.1) is 6.92 Å². The minimum atomic E-state index is -0.849. The standard InChI is InChI=1S/C20H28N4O4/c1-14-18(15-5-3-4-6-16(15)22-14)19(20(26)27)24-10-8-23(9-11-24)13-17(25)21-7-12-28-2/h3-6,19,22H,7-13H2,1-2H3,(H,21,25)(H,26,27)/t19-/m0/s1. The number of aliphatic carboxylic acids is 1. The zero-order valence-electron chi connectivity index (χ0n) is 16.4. The smallest absolute Gasteiger partial charge is 0.325 e. The molecule has 1 aliphatic heterocycles. The van der Waals surface area contributed by atoms with Gasteiger partial charge in [-0.25, -0.2) is 0 Å². The SMILES string of the molecule is COCCNC(=O)CN1CCN([C@H](C(=O)O)c2c(C)[nH]c3ccccc23)CC1. The molecule has 0 saturated carbocycles. The first-order valence-electron chi connectivity index (χ1n) is 9.53. The fourth-order valence-electron chi connectivity index (χ4n) is 3.84. The van der Waals surface area contributed by atoms with Crippen molar-refractivity contribution in [2.45, 2.75) is 13.0 Å². The number of aryl methyl sites for hydroxylation is 1. The lowest BCUT2D eigenvalue weighted by Gasteiger charge is -2.37. The van der Waals surface area contributed by atoms with E-state index in [4.69, 9.17) is 4.74 Å². The van der Waals surface area contributed by atoms with Gasteiger partial charge in [-0.2, -0.15) is 0 Å². The molecule has 1 amide bonds. The number of carboxylic acid groups (broad SMARTS) is 1. The van der Waals surface area contributed by atoms with Gasteiger partial charge in [0.2, 0.25) is 5.91 Å². The molecule has 1 saturated heterocycles. The number of rotatable bonds is 8. The summed E-state index contributed by atoms with van der Waals surface area (Å²) in [6.07, 6.45) is 0. The number of hydrogen-bond acceptors (Lipinski definition) is 5. The summed E-state index contributed by atoms with van der Waals surface area (Å²) < 4.78 is 4.93. The number of carbonyl (C=O) groups excluding carboxylic acids is 1. The van der Waals surface area contributed by atoms with Gasteiger partial charge in [0, 0.05) is 62.0 Å². The van der Waals surface area contributed by atoms with Crippen molar-refractivity contribution in [2.24, 2.45) is 0 Å². The van der Waals surface area contributed by atoms with E-state index >= 15 is 0 Å². The number of aromatic amines is 1. The first-order chi connectivity index (χ1) is 13.5. The summed E-state index contributed by atoms with van der Waals surface area (Å²) in [6, 6.07) is 7.09. The van der Waals surface area contributed by atoms with Crippen LogP contribution in [0.3, 0.4) is 0 Å². The number of benzene rings is 1. The maximum absolute atomic E-state index is 12.2. The molecule has 28 heavy (non-hydrogen) atoms. The molecule has 0 unspecified atom stereocenters. The highest BCUT2D eigenvalue weighted by Crippen LogP contribution is 2.32. The number of carboxylic acids is 1. The molecule has 8 nitrogen and oxygen atoms in total. The molecule has 0 spiro atoms. The van der Waals surface area contributed by atoms with Crippen molar-refractivity contribution in [1.29, 1.82) is 0 Å². The summed E-state index contributed by atoms with van der Waals surface area (Å²) in [7, 11) is 1.60. The molecular weight excluding hydrogens is 360 g/mol. The van der Waals surface area contributed by atoms with Crippen molar-refractivity contribution in [3.63, 3.8) is 0 Å². The van der Waals surface area contributed by atoms with Crippen LogP contribution in [0.2, 0.25) is 0 Å². The summed E-state index contributed by atoms with van der Waals surface area (Å²) in [5.41, 5.74) is 2.66. The molecule has 1 fully saturated rings. The number of hydrogen-bond donors (Lipinski definition) is 3. The van der Waals surface area contributed by atoms with Crippen molar-refractivity contribution in [3.05, 3.63) is 35.5 Å². The van der Waals surface area contributed by atoms with E-state index in [1.54, 1.807) is 7.11 Å². The lowest BCUT2D eigenvalue weighted by atomic mass is 10.0. The van der Waals surface area contributed by atoms with Gasteiger partial charge in [0.15, 0.2) is 0 Å². The zero-order valence-corrected chi connectivity index (χ0v) is 16.4. The predicted molar refractivity (Wildman–Crippen MR) is 106 cm³/mol. The topological polar surface area (TPSA) is 97.9 Å². The van der Waals surface area contributed by atoms with Crippen LogP contribution in [0.15, 0.2) is 24.3 Å². The molecule has 2 aromatic rings. The van der Waals surface area contributed by atoms with Crippen LogP contribution < -0.4 is 5.32 Å². The van der Waals surface area contributed by atoms with Crippen LogP contribution in [0.25, 0.3) is 10.9 Å². The predicted octanol–water partition coefficient (Wildman–Crippen LogP) is 0.982. The largest absolute Gasteiger partial charge is 0.480 e. The lowest BCUT2D eigenvalue weighted by molar-refractivity contribution is -0.144. The Balaban J connectivity index is 1.66. The minimum Gasteiger partial charge on any atom is -0.480 e. The van der Waals surface area contributed by atoms with Crippen LogP contribution >= 0.6 is 0 Å². The average molecular weight is 388 g/mol. The van der Waals surface area contributed by atoms with E-state index < -0.39 is 12.0 Å². The van der Waals surface area contributed by atoms with E-state index in [-0.39, 0.29) is 5.91 Å². The number of aromatic nitrogens is 1. The van der Waals surface area contributed by atoms with E-state index in [1.165, 1.54) is 0 Å². The molecular formula is C20H28N4O4. The number of para-hydroxylation sites is 1. The van der Waals surface area contributed by atoms with Crippen LogP contribution in [-0.4, -0.2) is 84.8 Å². The number of nitrogens with zero attached hydrogens (tertiary/aromatic N) is 2.